The monoisotopic (exact) mass is 284 g/mol. The predicted octanol–water partition coefficient (Wildman–Crippen LogP) is 1.89. The average molecular weight is 284 g/mol. The minimum Gasteiger partial charge on any atom is -0.348 e. The highest BCUT2D eigenvalue weighted by Crippen LogP contribution is 2.25. The second kappa shape index (κ2) is 6.10. The molecule has 110 valence electrons. The molecular formula is C16H20N4O. The lowest BCUT2D eigenvalue weighted by molar-refractivity contribution is -0.117. The van der Waals surface area contributed by atoms with Crippen molar-refractivity contribution >= 4 is 11.6 Å². The van der Waals surface area contributed by atoms with Gasteiger partial charge in [-0.2, -0.15) is 0 Å². The fourth-order valence-electron chi connectivity index (χ4n) is 2.91. The van der Waals surface area contributed by atoms with Gasteiger partial charge < -0.3 is 9.88 Å². The van der Waals surface area contributed by atoms with Crippen molar-refractivity contribution in [2.24, 2.45) is 5.92 Å². The quantitative estimate of drug-likeness (QED) is 0.912. The summed E-state index contributed by atoms with van der Waals surface area (Å²) in [6.07, 6.45) is 4.22. The highest BCUT2D eigenvalue weighted by atomic mass is 16.2. The lowest BCUT2D eigenvalue weighted by Crippen LogP contribution is -2.29. The molecule has 21 heavy (non-hydrogen) atoms. The van der Waals surface area contributed by atoms with Gasteiger partial charge in [0.25, 0.3) is 0 Å². The van der Waals surface area contributed by atoms with E-state index in [1.807, 2.05) is 41.4 Å². The number of imidazole rings is 1. The number of rotatable bonds is 5. The second-order valence-electron chi connectivity index (χ2n) is 5.64. The largest absolute Gasteiger partial charge is 0.348 e. The van der Waals surface area contributed by atoms with Crippen LogP contribution in [0.4, 0.5) is 5.69 Å². The summed E-state index contributed by atoms with van der Waals surface area (Å²) in [7, 11) is 2.07. The minimum atomic E-state index is 0.220. The third kappa shape index (κ3) is 3.31. The van der Waals surface area contributed by atoms with Crippen molar-refractivity contribution in [2.45, 2.75) is 13.0 Å². The lowest BCUT2D eigenvalue weighted by Gasteiger charge is -2.20. The molecule has 2 heterocycles. The second-order valence-corrected chi connectivity index (χ2v) is 5.64. The molecule has 0 aliphatic carbocycles. The number of carbonyl (C=O) groups excluding carboxylic acids is 1. The molecule has 5 heteroatoms. The van der Waals surface area contributed by atoms with Crippen molar-refractivity contribution in [2.75, 3.05) is 25.0 Å². The maximum atomic E-state index is 12.2. The van der Waals surface area contributed by atoms with Gasteiger partial charge in [0.05, 0.1) is 6.54 Å². The van der Waals surface area contributed by atoms with Crippen molar-refractivity contribution in [1.29, 1.82) is 0 Å². The van der Waals surface area contributed by atoms with E-state index in [0.29, 0.717) is 12.3 Å². The zero-order valence-electron chi connectivity index (χ0n) is 12.2. The first kappa shape index (κ1) is 13.8. The molecule has 1 amide bonds. The SMILES string of the molecule is CN(Cc1ncc[nH]1)CC1CC(=O)N(c2ccccc2)C1. The molecule has 1 atom stereocenters. The third-order valence-electron chi connectivity index (χ3n) is 3.82. The minimum absolute atomic E-state index is 0.220. The number of benzene rings is 1. The fourth-order valence-corrected chi connectivity index (χ4v) is 2.91. The first-order valence-electron chi connectivity index (χ1n) is 7.24. The van der Waals surface area contributed by atoms with Gasteiger partial charge in [0.15, 0.2) is 0 Å². The number of aromatic amines is 1. The van der Waals surface area contributed by atoms with Gasteiger partial charge in [0, 0.05) is 37.6 Å². The van der Waals surface area contributed by atoms with E-state index in [4.69, 9.17) is 0 Å². The van der Waals surface area contributed by atoms with Crippen molar-refractivity contribution in [3.63, 3.8) is 0 Å². The van der Waals surface area contributed by atoms with Crippen LogP contribution in [0.1, 0.15) is 12.2 Å². The summed E-state index contributed by atoms with van der Waals surface area (Å²) in [5.41, 5.74) is 0.999. The molecule has 0 radical (unpaired) electrons. The molecule has 0 spiro atoms. The van der Waals surface area contributed by atoms with Crippen LogP contribution in [0.15, 0.2) is 42.7 Å². The van der Waals surface area contributed by atoms with Crippen LogP contribution in [0, 0.1) is 5.92 Å². The number of aromatic nitrogens is 2. The van der Waals surface area contributed by atoms with Crippen LogP contribution in [0.3, 0.4) is 0 Å². The molecule has 1 N–H and O–H groups in total. The molecule has 1 saturated heterocycles. The Morgan fingerprint density at radius 2 is 2.19 bits per heavy atom. The predicted molar refractivity (Wildman–Crippen MR) is 81.8 cm³/mol. The molecule has 1 aromatic carbocycles. The van der Waals surface area contributed by atoms with Gasteiger partial charge in [-0.3, -0.25) is 9.69 Å². The Balaban J connectivity index is 1.57. The normalized spacial score (nSPS) is 18.7. The summed E-state index contributed by atoms with van der Waals surface area (Å²) in [5, 5.41) is 0. The third-order valence-corrected chi connectivity index (χ3v) is 3.82. The smallest absolute Gasteiger partial charge is 0.227 e. The lowest BCUT2D eigenvalue weighted by atomic mass is 10.1. The van der Waals surface area contributed by atoms with Crippen LogP contribution in [0.5, 0.6) is 0 Å². The van der Waals surface area contributed by atoms with Crippen molar-refractivity contribution in [3.05, 3.63) is 48.5 Å². The van der Waals surface area contributed by atoms with E-state index in [9.17, 15) is 4.79 Å². The Labute approximate surface area is 124 Å². The number of hydrogen-bond acceptors (Lipinski definition) is 3. The van der Waals surface area contributed by atoms with E-state index in [0.717, 1.165) is 31.1 Å². The molecule has 1 aliphatic heterocycles. The number of nitrogens with zero attached hydrogens (tertiary/aromatic N) is 3. The molecule has 2 aromatic rings. The number of amides is 1. The van der Waals surface area contributed by atoms with Crippen LogP contribution in [-0.2, 0) is 11.3 Å². The van der Waals surface area contributed by atoms with Gasteiger partial charge in [0.2, 0.25) is 5.91 Å². The number of carbonyl (C=O) groups is 1. The van der Waals surface area contributed by atoms with Gasteiger partial charge in [-0.05, 0) is 25.1 Å². The summed E-state index contributed by atoms with van der Waals surface area (Å²) in [6, 6.07) is 9.90. The maximum Gasteiger partial charge on any atom is 0.227 e. The van der Waals surface area contributed by atoms with E-state index >= 15 is 0 Å². The van der Waals surface area contributed by atoms with E-state index in [2.05, 4.69) is 21.9 Å². The topological polar surface area (TPSA) is 52.2 Å². The van der Waals surface area contributed by atoms with Crippen molar-refractivity contribution in [3.8, 4) is 0 Å². The van der Waals surface area contributed by atoms with Crippen LogP contribution in [0.25, 0.3) is 0 Å². The number of anilines is 1. The Morgan fingerprint density at radius 1 is 1.38 bits per heavy atom. The van der Waals surface area contributed by atoms with E-state index in [-0.39, 0.29) is 5.91 Å². The first-order chi connectivity index (χ1) is 10.2. The Bertz CT molecular complexity index is 582. The molecule has 1 aliphatic rings. The van der Waals surface area contributed by atoms with Gasteiger partial charge in [-0.1, -0.05) is 18.2 Å². The van der Waals surface area contributed by atoms with Crippen LogP contribution in [-0.4, -0.2) is 40.9 Å². The first-order valence-corrected chi connectivity index (χ1v) is 7.24. The molecule has 1 aromatic heterocycles. The van der Waals surface area contributed by atoms with Gasteiger partial charge in [-0.25, -0.2) is 4.98 Å². The molecule has 1 fully saturated rings. The Hall–Kier alpha value is -2.14. The summed E-state index contributed by atoms with van der Waals surface area (Å²) in [5.74, 6) is 1.55. The van der Waals surface area contributed by atoms with E-state index in [1.165, 1.54) is 0 Å². The molecule has 3 rings (SSSR count). The summed E-state index contributed by atoms with van der Waals surface area (Å²) >= 11 is 0. The number of nitrogens with one attached hydrogen (secondary N) is 1. The fraction of sp³-hybridized carbons (Fsp3) is 0.375. The van der Waals surface area contributed by atoms with Gasteiger partial charge in [-0.15, -0.1) is 0 Å². The van der Waals surface area contributed by atoms with Gasteiger partial charge >= 0.3 is 0 Å². The summed E-state index contributed by atoms with van der Waals surface area (Å²) in [6.45, 7) is 2.48. The molecule has 1 unspecified atom stereocenters. The van der Waals surface area contributed by atoms with E-state index < -0.39 is 0 Å². The summed E-state index contributed by atoms with van der Waals surface area (Å²) in [4.78, 5) is 23.6. The molecule has 5 nitrogen and oxygen atoms in total. The van der Waals surface area contributed by atoms with E-state index in [1.54, 1.807) is 6.20 Å². The van der Waals surface area contributed by atoms with Crippen LogP contribution in [0.2, 0.25) is 0 Å². The highest BCUT2D eigenvalue weighted by molar-refractivity contribution is 5.95. The Kier molecular flexibility index (Phi) is 4.01. The van der Waals surface area contributed by atoms with Crippen LogP contribution >= 0.6 is 0 Å². The molecule has 0 bridgehead atoms. The number of hydrogen-bond donors (Lipinski definition) is 1. The van der Waals surface area contributed by atoms with Gasteiger partial charge in [0.1, 0.15) is 5.82 Å². The molecule has 0 saturated carbocycles. The highest BCUT2D eigenvalue weighted by Gasteiger charge is 2.31. The average Bonchev–Trinajstić information content (AvgIpc) is 3.09. The standard InChI is InChI=1S/C16H20N4O/c1-19(12-15-17-7-8-18-15)10-13-9-16(21)20(11-13)14-5-3-2-4-6-14/h2-8,13H,9-12H2,1H3,(H,17,18). The summed E-state index contributed by atoms with van der Waals surface area (Å²) < 4.78 is 0. The zero-order valence-corrected chi connectivity index (χ0v) is 12.2. The Morgan fingerprint density at radius 3 is 2.90 bits per heavy atom. The maximum absolute atomic E-state index is 12.2. The number of para-hydroxylation sites is 1. The van der Waals surface area contributed by atoms with Crippen LogP contribution < -0.4 is 4.90 Å². The molecular weight excluding hydrogens is 264 g/mol. The van der Waals surface area contributed by atoms with Crippen molar-refractivity contribution in [1.82, 2.24) is 14.9 Å². The van der Waals surface area contributed by atoms with Crippen molar-refractivity contribution < 1.29 is 4.79 Å². The zero-order chi connectivity index (χ0) is 14.7. The number of H-pyrrole nitrogens is 1.